The van der Waals surface area contributed by atoms with Gasteiger partial charge in [0.2, 0.25) is 0 Å². The number of nitrogens with zero attached hydrogens (tertiary/aromatic N) is 1. The zero-order valence-electron chi connectivity index (χ0n) is 13.2. The van der Waals surface area contributed by atoms with Gasteiger partial charge in [0.1, 0.15) is 0 Å². The molecule has 1 atom stereocenters. The van der Waals surface area contributed by atoms with E-state index in [1.807, 2.05) is 36.4 Å². The van der Waals surface area contributed by atoms with Gasteiger partial charge in [-0.1, -0.05) is 0 Å². The molecule has 0 aliphatic carbocycles. The van der Waals surface area contributed by atoms with Gasteiger partial charge in [0.05, 0.1) is 0 Å². The predicted molar refractivity (Wildman–Crippen MR) is 102 cm³/mol. The van der Waals surface area contributed by atoms with E-state index in [-0.39, 0.29) is 0 Å². The van der Waals surface area contributed by atoms with Gasteiger partial charge in [0.15, 0.2) is 0 Å². The van der Waals surface area contributed by atoms with E-state index in [2.05, 4.69) is 34.5 Å². The molecule has 1 heterocycles. The summed E-state index contributed by atoms with van der Waals surface area (Å²) < 4.78 is 13.3. The van der Waals surface area contributed by atoms with E-state index in [4.69, 9.17) is 5.73 Å². The third-order valence-electron chi connectivity index (χ3n) is 4.34. The maximum atomic E-state index is 12.2. The third kappa shape index (κ3) is 2.77. The Bertz CT molecular complexity index is 925. The molecule has 1 aliphatic rings. The van der Waals surface area contributed by atoms with Crippen molar-refractivity contribution < 1.29 is 3.83 Å². The van der Waals surface area contributed by atoms with Crippen molar-refractivity contribution >= 4 is 46.1 Å². The van der Waals surface area contributed by atoms with E-state index in [0.717, 1.165) is 40.0 Å². The second kappa shape index (κ2) is 6.27. The van der Waals surface area contributed by atoms with Crippen LogP contribution in [0.4, 0.5) is 17.1 Å². The molecular weight excluding hydrogens is 365 g/mol. The number of anilines is 3. The Balaban J connectivity index is 1.47. The zero-order chi connectivity index (χ0) is 16.5. The van der Waals surface area contributed by atoms with Crippen molar-refractivity contribution in [3.05, 3.63) is 60.7 Å². The summed E-state index contributed by atoms with van der Waals surface area (Å²) in [6.45, 7) is 1.57. The molecule has 0 saturated heterocycles. The monoisotopic (exact) mass is 385 g/mol. The van der Waals surface area contributed by atoms with Gasteiger partial charge in [-0.25, -0.2) is 0 Å². The fourth-order valence-electron chi connectivity index (χ4n) is 3.11. The number of rotatable bonds is 4. The molecule has 3 aromatic rings. The van der Waals surface area contributed by atoms with Crippen LogP contribution in [0.1, 0.15) is 0 Å². The van der Waals surface area contributed by atoms with Crippen LogP contribution in [-0.2, 0) is 3.83 Å². The Morgan fingerprint density at radius 2 is 1.75 bits per heavy atom. The van der Waals surface area contributed by atoms with Crippen LogP contribution in [0.5, 0.6) is 0 Å². The van der Waals surface area contributed by atoms with E-state index < -0.39 is 13.8 Å². The minimum absolute atomic E-state index is 0.661. The van der Waals surface area contributed by atoms with Crippen LogP contribution in [0.3, 0.4) is 0 Å². The fourth-order valence-corrected chi connectivity index (χ4v) is 5.95. The number of hydrogen-bond acceptors (Lipinski definition) is 4. The van der Waals surface area contributed by atoms with Gasteiger partial charge in [-0.2, -0.15) is 0 Å². The molecule has 0 amide bonds. The summed E-state index contributed by atoms with van der Waals surface area (Å²) in [6.07, 6.45) is 0. The summed E-state index contributed by atoms with van der Waals surface area (Å²) in [4.78, 5) is 2.21. The molecule has 5 heteroatoms. The number of para-hydroxylation sites is 1. The molecule has 0 radical (unpaired) electrons. The van der Waals surface area contributed by atoms with E-state index in [1.165, 1.54) is 5.39 Å². The van der Waals surface area contributed by atoms with Gasteiger partial charge in [0, 0.05) is 0 Å². The number of nitrogen functional groups attached to an aromatic ring is 1. The topological polar surface area (TPSA) is 58.4 Å². The molecule has 122 valence electrons. The van der Waals surface area contributed by atoms with Crippen molar-refractivity contribution in [2.75, 3.05) is 34.5 Å². The molecule has 0 spiro atoms. The maximum absolute atomic E-state index is 12.2. The normalized spacial score (nSPS) is 16.3. The molecule has 24 heavy (non-hydrogen) atoms. The molecule has 4 nitrogen and oxygen atoms in total. The van der Waals surface area contributed by atoms with Crippen molar-refractivity contribution in [3.8, 4) is 0 Å². The molecule has 3 N–H and O–H groups in total. The van der Waals surface area contributed by atoms with Gasteiger partial charge < -0.3 is 0 Å². The molecule has 0 bridgehead atoms. The number of benzene rings is 3. The Morgan fingerprint density at radius 1 is 1.04 bits per heavy atom. The van der Waals surface area contributed by atoms with E-state index in [9.17, 15) is 3.83 Å². The molecule has 1 aliphatic heterocycles. The van der Waals surface area contributed by atoms with E-state index in [0.29, 0.717) is 5.44 Å². The quantitative estimate of drug-likeness (QED) is 0.536. The Hall–Kier alpha value is -2.36. The minimum atomic E-state index is -1.90. The average Bonchev–Trinajstić information content (AvgIpc) is 2.92. The van der Waals surface area contributed by atoms with Gasteiger partial charge >= 0.3 is 145 Å². The van der Waals surface area contributed by atoms with Crippen molar-refractivity contribution in [2.24, 2.45) is 0 Å². The SMILES string of the molecule is Nc1cc2ccccc2cc1NCCN1C[Se](=O)c2ccccc21. The van der Waals surface area contributed by atoms with Crippen molar-refractivity contribution in [1.29, 1.82) is 0 Å². The molecular formula is C19H19N3OSe. The summed E-state index contributed by atoms with van der Waals surface area (Å²) in [5, 5.41) is 5.74. The summed E-state index contributed by atoms with van der Waals surface area (Å²) in [7, 11) is 0. The summed E-state index contributed by atoms with van der Waals surface area (Å²) in [5.41, 5.74) is 9.65. The van der Waals surface area contributed by atoms with Crippen molar-refractivity contribution in [1.82, 2.24) is 0 Å². The Labute approximate surface area is 145 Å². The first-order valence-corrected chi connectivity index (χ1v) is 10.7. The number of fused-ring (bicyclic) bond motifs is 2. The molecule has 4 rings (SSSR count). The number of hydrogen-bond donors (Lipinski definition) is 2. The van der Waals surface area contributed by atoms with Crippen LogP contribution in [0.2, 0.25) is 0 Å². The second-order valence-corrected chi connectivity index (χ2v) is 8.83. The summed E-state index contributed by atoms with van der Waals surface area (Å²) >= 11 is -1.90. The van der Waals surface area contributed by atoms with E-state index >= 15 is 0 Å². The van der Waals surface area contributed by atoms with Crippen LogP contribution in [-0.4, -0.2) is 32.4 Å². The Kier molecular flexibility index (Phi) is 3.97. The van der Waals surface area contributed by atoms with Crippen LogP contribution in [0.25, 0.3) is 10.8 Å². The van der Waals surface area contributed by atoms with Crippen LogP contribution in [0, 0.1) is 0 Å². The predicted octanol–water partition coefficient (Wildman–Crippen LogP) is 2.52. The molecule has 0 fully saturated rings. The molecule has 0 saturated carbocycles. The van der Waals surface area contributed by atoms with Crippen molar-refractivity contribution in [2.45, 2.75) is 0 Å². The van der Waals surface area contributed by atoms with Crippen molar-refractivity contribution in [3.63, 3.8) is 0 Å². The van der Waals surface area contributed by atoms with Gasteiger partial charge in [0.25, 0.3) is 0 Å². The fraction of sp³-hybridized carbons (Fsp3) is 0.158. The van der Waals surface area contributed by atoms with Crippen LogP contribution in [0.15, 0.2) is 60.7 Å². The number of nitrogens with one attached hydrogen (secondary N) is 1. The second-order valence-electron chi connectivity index (χ2n) is 5.92. The first kappa shape index (κ1) is 15.2. The van der Waals surface area contributed by atoms with Gasteiger partial charge in [-0.15, -0.1) is 0 Å². The summed E-state index contributed by atoms with van der Waals surface area (Å²) in [6, 6.07) is 20.3. The summed E-state index contributed by atoms with van der Waals surface area (Å²) in [5.74, 6) is 0. The first-order chi connectivity index (χ1) is 11.7. The zero-order valence-corrected chi connectivity index (χ0v) is 14.9. The first-order valence-electron chi connectivity index (χ1n) is 7.97. The standard InChI is InChI=1S/C19H19N3OSe/c20-16-11-14-5-1-2-6-15(14)12-17(16)21-9-10-22-13-24(23)19-8-4-3-7-18(19)22/h1-8,11-12,21H,9-10,13,20H2. The van der Waals surface area contributed by atoms with Gasteiger partial charge in [-0.3, -0.25) is 0 Å². The van der Waals surface area contributed by atoms with Crippen LogP contribution < -0.4 is 20.4 Å². The van der Waals surface area contributed by atoms with Crippen LogP contribution >= 0.6 is 0 Å². The average molecular weight is 384 g/mol. The van der Waals surface area contributed by atoms with Gasteiger partial charge in [-0.05, 0) is 0 Å². The van der Waals surface area contributed by atoms with E-state index in [1.54, 1.807) is 0 Å². The number of nitrogens with two attached hydrogens (primary N) is 1. The molecule has 0 aromatic heterocycles. The Morgan fingerprint density at radius 3 is 2.58 bits per heavy atom. The third-order valence-corrected chi connectivity index (χ3v) is 7.24. The molecule has 1 unspecified atom stereocenters. The molecule has 3 aromatic carbocycles.